The van der Waals surface area contributed by atoms with Gasteiger partial charge in [-0.15, -0.1) is 0 Å². The minimum atomic E-state index is -0.589. The third-order valence-electron chi connectivity index (χ3n) is 3.80. The Balaban J connectivity index is 1.85. The summed E-state index contributed by atoms with van der Waals surface area (Å²) in [5, 5.41) is 7.37. The largest absolute Gasteiger partial charge is 0.422 e. The van der Waals surface area contributed by atoms with Gasteiger partial charge >= 0.3 is 5.97 Å². The van der Waals surface area contributed by atoms with E-state index in [9.17, 15) is 9.59 Å². The van der Waals surface area contributed by atoms with Gasteiger partial charge in [-0.05, 0) is 24.3 Å². The highest BCUT2D eigenvalue weighted by Gasteiger charge is 2.17. The molecule has 0 unspecified atom stereocenters. The highest BCUT2D eigenvalue weighted by atomic mass is 16.5. The maximum Gasteiger partial charge on any atom is 0.343 e. The summed E-state index contributed by atoms with van der Waals surface area (Å²) in [6, 6.07) is 21.6. The van der Waals surface area contributed by atoms with E-state index in [1.165, 1.54) is 12.1 Å². The zero-order valence-corrected chi connectivity index (χ0v) is 13.8. The molecule has 0 saturated heterocycles. The standard InChI is InChI=1S/C21H16N2O3/c22-20(23)15-10-12-16(13-11-15)21(25)26-18-9-5-4-8-17(18)19(24)14-6-2-1-3-7-14/h1-13H,(H3,22,23). The molecule has 0 heterocycles. The summed E-state index contributed by atoms with van der Waals surface area (Å²) < 4.78 is 5.43. The van der Waals surface area contributed by atoms with E-state index in [0.717, 1.165) is 0 Å². The van der Waals surface area contributed by atoms with Crippen LogP contribution in [0.1, 0.15) is 31.8 Å². The number of esters is 1. The van der Waals surface area contributed by atoms with Crippen LogP contribution in [0.2, 0.25) is 0 Å². The lowest BCUT2D eigenvalue weighted by Crippen LogP contribution is -2.14. The lowest BCUT2D eigenvalue weighted by atomic mass is 10.0. The van der Waals surface area contributed by atoms with Gasteiger partial charge in [-0.1, -0.05) is 54.6 Å². The van der Waals surface area contributed by atoms with Crippen molar-refractivity contribution in [1.82, 2.24) is 0 Å². The van der Waals surface area contributed by atoms with Crippen molar-refractivity contribution in [3.05, 3.63) is 101 Å². The summed E-state index contributed by atoms with van der Waals surface area (Å²) in [6.45, 7) is 0. The predicted molar refractivity (Wildman–Crippen MR) is 98.7 cm³/mol. The van der Waals surface area contributed by atoms with Crippen LogP contribution < -0.4 is 10.5 Å². The Bertz CT molecular complexity index is 964. The van der Waals surface area contributed by atoms with E-state index >= 15 is 0 Å². The average Bonchev–Trinajstić information content (AvgIpc) is 2.68. The summed E-state index contributed by atoms with van der Waals surface area (Å²) in [5.41, 5.74) is 7.05. The first-order chi connectivity index (χ1) is 12.6. The smallest absolute Gasteiger partial charge is 0.343 e. The molecule has 0 aromatic heterocycles. The number of hydrogen-bond acceptors (Lipinski definition) is 4. The van der Waals surface area contributed by atoms with Gasteiger partial charge in [0, 0.05) is 11.1 Å². The summed E-state index contributed by atoms with van der Waals surface area (Å²) in [6.07, 6.45) is 0. The van der Waals surface area contributed by atoms with Crippen molar-refractivity contribution in [1.29, 1.82) is 5.41 Å². The van der Waals surface area contributed by atoms with Gasteiger partial charge in [0.2, 0.25) is 0 Å². The van der Waals surface area contributed by atoms with Crippen LogP contribution in [0.15, 0.2) is 78.9 Å². The zero-order chi connectivity index (χ0) is 18.5. The summed E-state index contributed by atoms with van der Waals surface area (Å²) in [7, 11) is 0. The molecule has 0 saturated carbocycles. The van der Waals surface area contributed by atoms with Crippen LogP contribution in [-0.2, 0) is 0 Å². The summed E-state index contributed by atoms with van der Waals surface area (Å²) >= 11 is 0. The first-order valence-corrected chi connectivity index (χ1v) is 7.91. The number of rotatable bonds is 5. The Labute approximate surface area is 150 Å². The maximum absolute atomic E-state index is 12.7. The van der Waals surface area contributed by atoms with Gasteiger partial charge in [-0.2, -0.15) is 0 Å². The molecule has 0 amide bonds. The van der Waals surface area contributed by atoms with E-state index < -0.39 is 5.97 Å². The number of ether oxygens (including phenoxy) is 1. The van der Waals surface area contributed by atoms with Gasteiger partial charge in [0.15, 0.2) is 5.78 Å². The average molecular weight is 344 g/mol. The van der Waals surface area contributed by atoms with Crippen LogP contribution in [0.3, 0.4) is 0 Å². The molecule has 5 nitrogen and oxygen atoms in total. The molecule has 0 radical (unpaired) electrons. The third-order valence-corrected chi connectivity index (χ3v) is 3.80. The molecule has 0 fully saturated rings. The zero-order valence-electron chi connectivity index (χ0n) is 13.8. The number of carbonyl (C=O) groups excluding carboxylic acids is 2. The molecule has 0 aliphatic carbocycles. The molecule has 3 aromatic carbocycles. The Morgan fingerprint density at radius 2 is 1.31 bits per heavy atom. The Morgan fingerprint density at radius 1 is 0.731 bits per heavy atom. The lowest BCUT2D eigenvalue weighted by Gasteiger charge is -2.10. The van der Waals surface area contributed by atoms with Crippen molar-refractivity contribution in [3.8, 4) is 5.75 Å². The van der Waals surface area contributed by atoms with E-state index in [1.807, 2.05) is 6.07 Å². The van der Waals surface area contributed by atoms with Crippen molar-refractivity contribution < 1.29 is 14.3 Å². The Hall–Kier alpha value is -3.73. The minimum Gasteiger partial charge on any atom is -0.422 e. The monoisotopic (exact) mass is 344 g/mol. The van der Waals surface area contributed by atoms with Crippen LogP contribution in [0, 0.1) is 5.41 Å². The second kappa shape index (κ2) is 7.44. The molecule has 26 heavy (non-hydrogen) atoms. The van der Waals surface area contributed by atoms with Gasteiger partial charge in [-0.3, -0.25) is 10.2 Å². The number of nitrogen functional groups attached to an aromatic ring is 1. The van der Waals surface area contributed by atoms with Crippen molar-refractivity contribution in [2.45, 2.75) is 0 Å². The summed E-state index contributed by atoms with van der Waals surface area (Å²) in [5.74, 6) is -0.694. The molecule has 0 bridgehead atoms. The van der Waals surface area contributed by atoms with Crippen LogP contribution in [0.4, 0.5) is 0 Å². The van der Waals surface area contributed by atoms with Crippen LogP contribution >= 0.6 is 0 Å². The van der Waals surface area contributed by atoms with Gasteiger partial charge in [-0.25, -0.2) is 4.79 Å². The van der Waals surface area contributed by atoms with Crippen LogP contribution in [0.5, 0.6) is 5.75 Å². The van der Waals surface area contributed by atoms with Gasteiger partial charge < -0.3 is 10.5 Å². The third kappa shape index (κ3) is 3.67. The normalized spacial score (nSPS) is 10.2. The first-order valence-electron chi connectivity index (χ1n) is 7.91. The van der Waals surface area contributed by atoms with Gasteiger partial charge in [0.05, 0.1) is 11.1 Å². The number of nitrogens with two attached hydrogens (primary N) is 1. The lowest BCUT2D eigenvalue weighted by molar-refractivity contribution is 0.0733. The number of nitrogens with one attached hydrogen (secondary N) is 1. The number of benzene rings is 3. The fourth-order valence-electron chi connectivity index (χ4n) is 2.43. The fraction of sp³-hybridized carbons (Fsp3) is 0. The van der Waals surface area contributed by atoms with E-state index in [4.69, 9.17) is 15.9 Å². The molecular weight excluding hydrogens is 328 g/mol. The maximum atomic E-state index is 12.7. The molecule has 3 N–H and O–H groups in total. The SMILES string of the molecule is N=C(N)c1ccc(C(=O)Oc2ccccc2C(=O)c2ccccc2)cc1. The Morgan fingerprint density at radius 3 is 1.96 bits per heavy atom. The predicted octanol–water partition coefficient (Wildman–Crippen LogP) is 3.42. The van der Waals surface area contributed by atoms with Crippen molar-refractivity contribution in [2.75, 3.05) is 0 Å². The molecule has 0 aliphatic heterocycles. The second-order valence-electron chi connectivity index (χ2n) is 5.57. The second-order valence-corrected chi connectivity index (χ2v) is 5.57. The van der Waals surface area contributed by atoms with Crippen LogP contribution in [-0.4, -0.2) is 17.6 Å². The van der Waals surface area contributed by atoms with Crippen LogP contribution in [0.25, 0.3) is 0 Å². The molecule has 0 spiro atoms. The fourth-order valence-corrected chi connectivity index (χ4v) is 2.43. The van der Waals surface area contributed by atoms with E-state index in [2.05, 4.69) is 0 Å². The number of para-hydroxylation sites is 1. The van der Waals surface area contributed by atoms with Crippen molar-refractivity contribution >= 4 is 17.6 Å². The van der Waals surface area contributed by atoms with E-state index in [-0.39, 0.29) is 17.4 Å². The molecular formula is C21H16N2O3. The molecule has 3 rings (SSSR count). The Kier molecular flexibility index (Phi) is 4.90. The molecule has 0 aliphatic rings. The molecule has 128 valence electrons. The van der Waals surface area contributed by atoms with E-state index in [0.29, 0.717) is 22.3 Å². The topological polar surface area (TPSA) is 93.2 Å². The number of carbonyl (C=O) groups is 2. The number of amidine groups is 1. The van der Waals surface area contributed by atoms with Crippen molar-refractivity contribution in [3.63, 3.8) is 0 Å². The highest BCUT2D eigenvalue weighted by molar-refractivity contribution is 6.11. The molecule has 3 aromatic rings. The van der Waals surface area contributed by atoms with Gasteiger partial charge in [0.1, 0.15) is 11.6 Å². The minimum absolute atomic E-state index is 0.0799. The number of ketones is 1. The summed E-state index contributed by atoms with van der Waals surface area (Å²) in [4.78, 5) is 25.1. The number of hydrogen-bond donors (Lipinski definition) is 2. The first kappa shape index (κ1) is 17.1. The van der Waals surface area contributed by atoms with E-state index in [1.54, 1.807) is 60.7 Å². The van der Waals surface area contributed by atoms with Gasteiger partial charge in [0.25, 0.3) is 0 Å². The molecule has 5 heteroatoms. The molecule has 0 atom stereocenters. The quantitative estimate of drug-likeness (QED) is 0.244. The highest BCUT2D eigenvalue weighted by Crippen LogP contribution is 2.22. The van der Waals surface area contributed by atoms with Crippen molar-refractivity contribution in [2.24, 2.45) is 5.73 Å².